The van der Waals surface area contributed by atoms with Crippen LogP contribution in [0.1, 0.15) is 28.4 Å². The Morgan fingerprint density at radius 3 is 2.64 bits per heavy atom. The van der Waals surface area contributed by atoms with Gasteiger partial charge in [-0.3, -0.25) is 0 Å². The van der Waals surface area contributed by atoms with Crippen molar-refractivity contribution in [2.45, 2.75) is 20.4 Å². The van der Waals surface area contributed by atoms with Crippen LogP contribution in [0.3, 0.4) is 0 Å². The van der Waals surface area contributed by atoms with E-state index >= 15 is 0 Å². The monoisotopic (exact) mass is 293 g/mol. The third kappa shape index (κ3) is 2.75. The Morgan fingerprint density at radius 1 is 1.14 bits per heavy atom. The van der Waals surface area contributed by atoms with Crippen molar-refractivity contribution in [2.24, 2.45) is 0 Å². The molecule has 112 valence electrons. The predicted molar refractivity (Wildman–Crippen MR) is 88.2 cm³/mol. The van der Waals surface area contributed by atoms with Crippen molar-refractivity contribution in [3.63, 3.8) is 0 Å². The van der Waals surface area contributed by atoms with Gasteiger partial charge < -0.3 is 9.30 Å². The number of carbonyl (C=O) groups excluding carboxylic acids is 1. The van der Waals surface area contributed by atoms with Crippen LogP contribution < -0.4 is 0 Å². The molecule has 0 saturated heterocycles. The fourth-order valence-corrected chi connectivity index (χ4v) is 2.68. The minimum Gasteiger partial charge on any atom is -0.462 e. The summed E-state index contributed by atoms with van der Waals surface area (Å²) >= 11 is 0. The highest BCUT2D eigenvalue weighted by molar-refractivity contribution is 6.04. The van der Waals surface area contributed by atoms with E-state index in [0.29, 0.717) is 12.2 Å². The maximum atomic E-state index is 12.2. The number of carbonyl (C=O) groups is 1. The van der Waals surface area contributed by atoms with Crippen molar-refractivity contribution in [1.82, 2.24) is 4.57 Å². The molecule has 0 bridgehead atoms. The summed E-state index contributed by atoms with van der Waals surface area (Å²) in [5.41, 5.74) is 4.08. The molecule has 2 aromatic carbocycles. The second-order valence-corrected chi connectivity index (χ2v) is 5.40. The maximum Gasteiger partial charge on any atom is 0.340 e. The Kier molecular flexibility index (Phi) is 3.96. The standard InChI is InChI=1S/C19H19NO2/c1-3-22-19(21)17-13-20(12-15-7-5-4-6-8-15)18-11-14(2)9-10-16(17)18/h4-11,13H,3,12H2,1-2H3. The Hall–Kier alpha value is -2.55. The molecule has 3 rings (SSSR count). The Balaban J connectivity index is 2.09. The van der Waals surface area contributed by atoms with Crippen LogP contribution in [0.25, 0.3) is 10.9 Å². The van der Waals surface area contributed by atoms with Gasteiger partial charge in [0.05, 0.1) is 12.2 Å². The number of aromatic nitrogens is 1. The Labute approximate surface area is 130 Å². The van der Waals surface area contributed by atoms with Gasteiger partial charge >= 0.3 is 5.97 Å². The summed E-state index contributed by atoms with van der Waals surface area (Å²) < 4.78 is 7.29. The van der Waals surface area contributed by atoms with Gasteiger partial charge in [0.2, 0.25) is 0 Å². The van der Waals surface area contributed by atoms with Crippen molar-refractivity contribution >= 4 is 16.9 Å². The van der Waals surface area contributed by atoms with E-state index in [9.17, 15) is 4.79 Å². The molecule has 3 heteroatoms. The number of nitrogens with zero attached hydrogens (tertiary/aromatic N) is 1. The molecule has 1 aromatic heterocycles. The molecule has 0 atom stereocenters. The van der Waals surface area contributed by atoms with E-state index in [1.165, 1.54) is 11.1 Å². The number of rotatable bonds is 4. The third-order valence-corrected chi connectivity index (χ3v) is 3.73. The first kappa shape index (κ1) is 14.4. The largest absolute Gasteiger partial charge is 0.462 e. The van der Waals surface area contributed by atoms with E-state index in [2.05, 4.69) is 29.7 Å². The van der Waals surface area contributed by atoms with Crippen LogP contribution in [0.2, 0.25) is 0 Å². The van der Waals surface area contributed by atoms with Crippen molar-refractivity contribution in [2.75, 3.05) is 6.61 Å². The molecule has 0 saturated carbocycles. The molecule has 3 nitrogen and oxygen atoms in total. The van der Waals surface area contributed by atoms with E-state index in [1.54, 1.807) is 0 Å². The molecule has 22 heavy (non-hydrogen) atoms. The molecule has 1 heterocycles. The smallest absolute Gasteiger partial charge is 0.340 e. The molecule has 0 amide bonds. The van der Waals surface area contributed by atoms with Gasteiger partial charge in [0.25, 0.3) is 0 Å². The van der Waals surface area contributed by atoms with Crippen molar-refractivity contribution in [3.05, 3.63) is 71.4 Å². The Bertz CT molecular complexity index is 803. The lowest BCUT2D eigenvalue weighted by atomic mass is 10.1. The van der Waals surface area contributed by atoms with Gasteiger partial charge in [-0.2, -0.15) is 0 Å². The SMILES string of the molecule is CCOC(=O)c1cn(Cc2ccccc2)c2cc(C)ccc12. The van der Waals surface area contributed by atoms with Gasteiger partial charge in [0.1, 0.15) is 0 Å². The van der Waals surface area contributed by atoms with Gasteiger partial charge in [-0.15, -0.1) is 0 Å². The highest BCUT2D eigenvalue weighted by atomic mass is 16.5. The van der Waals surface area contributed by atoms with Crippen LogP contribution in [0, 0.1) is 6.92 Å². The highest BCUT2D eigenvalue weighted by Crippen LogP contribution is 2.24. The molecule has 0 N–H and O–H groups in total. The molecule has 0 aliphatic rings. The fourth-order valence-electron chi connectivity index (χ4n) is 2.68. The van der Waals surface area contributed by atoms with Crippen molar-refractivity contribution in [3.8, 4) is 0 Å². The molecule has 3 aromatic rings. The summed E-state index contributed by atoms with van der Waals surface area (Å²) in [4.78, 5) is 12.2. The van der Waals surface area contributed by atoms with Crippen LogP contribution in [-0.4, -0.2) is 17.1 Å². The van der Waals surface area contributed by atoms with Crippen LogP contribution in [0.4, 0.5) is 0 Å². The number of esters is 1. The lowest BCUT2D eigenvalue weighted by Gasteiger charge is -2.05. The number of hydrogen-bond donors (Lipinski definition) is 0. The van der Waals surface area contributed by atoms with E-state index in [4.69, 9.17) is 4.74 Å². The normalized spacial score (nSPS) is 10.8. The first-order valence-electron chi connectivity index (χ1n) is 7.49. The molecular formula is C19H19NO2. The van der Waals surface area contributed by atoms with Crippen LogP contribution in [0.5, 0.6) is 0 Å². The summed E-state index contributed by atoms with van der Waals surface area (Å²) in [6.07, 6.45) is 1.90. The molecule has 0 fully saturated rings. The average Bonchev–Trinajstić information content (AvgIpc) is 2.87. The van der Waals surface area contributed by atoms with Gasteiger partial charge in [-0.1, -0.05) is 42.5 Å². The molecular weight excluding hydrogens is 274 g/mol. The van der Waals surface area contributed by atoms with E-state index in [1.807, 2.05) is 43.5 Å². The van der Waals surface area contributed by atoms with E-state index in [0.717, 1.165) is 17.4 Å². The molecule has 0 unspecified atom stereocenters. The van der Waals surface area contributed by atoms with Crippen molar-refractivity contribution in [1.29, 1.82) is 0 Å². The fraction of sp³-hybridized carbons (Fsp3) is 0.211. The third-order valence-electron chi connectivity index (χ3n) is 3.73. The predicted octanol–water partition coefficient (Wildman–Crippen LogP) is 4.17. The molecule has 0 spiro atoms. The zero-order valence-electron chi connectivity index (χ0n) is 12.9. The van der Waals surface area contributed by atoms with Gasteiger partial charge in [-0.25, -0.2) is 4.79 Å². The first-order valence-corrected chi connectivity index (χ1v) is 7.49. The first-order chi connectivity index (χ1) is 10.7. The second-order valence-electron chi connectivity index (χ2n) is 5.40. The molecule has 0 aliphatic carbocycles. The van der Waals surface area contributed by atoms with Crippen LogP contribution in [-0.2, 0) is 11.3 Å². The van der Waals surface area contributed by atoms with E-state index < -0.39 is 0 Å². The number of hydrogen-bond acceptors (Lipinski definition) is 2. The lowest BCUT2D eigenvalue weighted by Crippen LogP contribution is -2.04. The van der Waals surface area contributed by atoms with Crippen LogP contribution >= 0.6 is 0 Å². The van der Waals surface area contributed by atoms with Gasteiger partial charge in [0, 0.05) is 23.6 Å². The lowest BCUT2D eigenvalue weighted by molar-refractivity contribution is 0.0528. The second kappa shape index (κ2) is 6.06. The number of ether oxygens (including phenoxy) is 1. The topological polar surface area (TPSA) is 31.2 Å². The summed E-state index contributed by atoms with van der Waals surface area (Å²) in [7, 11) is 0. The number of benzene rings is 2. The maximum absolute atomic E-state index is 12.2. The van der Waals surface area contributed by atoms with Gasteiger partial charge in [0.15, 0.2) is 0 Å². The minimum atomic E-state index is -0.261. The van der Waals surface area contributed by atoms with Crippen molar-refractivity contribution < 1.29 is 9.53 Å². The summed E-state index contributed by atoms with van der Waals surface area (Å²) in [5, 5.41) is 0.944. The highest BCUT2D eigenvalue weighted by Gasteiger charge is 2.16. The number of fused-ring (bicyclic) bond motifs is 1. The number of aryl methyl sites for hydroxylation is 1. The zero-order chi connectivity index (χ0) is 15.5. The summed E-state index contributed by atoms with van der Waals surface area (Å²) in [6.45, 7) is 5.00. The zero-order valence-corrected chi connectivity index (χ0v) is 12.9. The molecule has 0 radical (unpaired) electrons. The van der Waals surface area contributed by atoms with Crippen LogP contribution in [0.15, 0.2) is 54.7 Å². The van der Waals surface area contributed by atoms with Gasteiger partial charge in [-0.05, 0) is 31.0 Å². The summed E-state index contributed by atoms with van der Waals surface area (Å²) in [5.74, 6) is -0.261. The minimum absolute atomic E-state index is 0.261. The average molecular weight is 293 g/mol. The van der Waals surface area contributed by atoms with E-state index in [-0.39, 0.29) is 5.97 Å². The Morgan fingerprint density at radius 2 is 1.91 bits per heavy atom. The summed E-state index contributed by atoms with van der Waals surface area (Å²) in [6, 6.07) is 16.4. The quantitative estimate of drug-likeness (QED) is 0.676. The molecule has 0 aliphatic heterocycles.